The van der Waals surface area contributed by atoms with Crippen LogP contribution < -0.4 is 10.1 Å². The van der Waals surface area contributed by atoms with E-state index in [1.807, 2.05) is 18.2 Å². The highest BCUT2D eigenvalue weighted by Crippen LogP contribution is 2.19. The third-order valence-electron chi connectivity index (χ3n) is 3.95. The lowest BCUT2D eigenvalue weighted by Crippen LogP contribution is -2.24. The van der Waals surface area contributed by atoms with Crippen molar-refractivity contribution in [1.29, 1.82) is 0 Å². The van der Waals surface area contributed by atoms with Gasteiger partial charge in [-0.2, -0.15) is 0 Å². The van der Waals surface area contributed by atoms with Crippen LogP contribution in [-0.2, 0) is 11.2 Å². The van der Waals surface area contributed by atoms with Crippen molar-refractivity contribution in [3.05, 3.63) is 59.9 Å². The first-order chi connectivity index (χ1) is 12.2. The van der Waals surface area contributed by atoms with Crippen LogP contribution >= 0.6 is 0 Å². The minimum atomic E-state index is -0.0884. The molecule has 0 atom stereocenters. The number of carbonyl (C=O) groups is 2. The van der Waals surface area contributed by atoms with Crippen LogP contribution in [0.25, 0.3) is 0 Å². The predicted octanol–water partition coefficient (Wildman–Crippen LogP) is 3.19. The highest BCUT2D eigenvalue weighted by Gasteiger charge is 2.09. The molecule has 0 unspecified atom stereocenters. The summed E-state index contributed by atoms with van der Waals surface area (Å²) < 4.78 is 5.33. The number of aryl methyl sites for hydroxylation is 1. The molecule has 0 spiro atoms. The fraction of sp³-hybridized carbons (Fsp3) is 0.350. The fourth-order valence-corrected chi connectivity index (χ4v) is 2.57. The minimum Gasteiger partial charge on any atom is -0.496 e. The van der Waals surface area contributed by atoms with Crippen LogP contribution in [0, 0.1) is 0 Å². The Morgan fingerprint density at radius 2 is 1.92 bits per heavy atom. The number of benzene rings is 1. The number of aromatic nitrogens is 1. The summed E-state index contributed by atoms with van der Waals surface area (Å²) in [5.41, 5.74) is 1.73. The Balaban J connectivity index is 1.60. The number of para-hydroxylation sites is 1. The van der Waals surface area contributed by atoms with E-state index >= 15 is 0 Å². The first-order valence-corrected chi connectivity index (χ1v) is 8.52. The van der Waals surface area contributed by atoms with E-state index in [0.29, 0.717) is 12.1 Å². The summed E-state index contributed by atoms with van der Waals surface area (Å²) in [7, 11) is 1.67. The number of methoxy groups -OCH3 is 1. The van der Waals surface area contributed by atoms with Gasteiger partial charge in [-0.15, -0.1) is 0 Å². The zero-order valence-electron chi connectivity index (χ0n) is 14.5. The van der Waals surface area contributed by atoms with E-state index in [9.17, 15) is 9.59 Å². The number of ether oxygens (including phenoxy) is 1. The first-order valence-electron chi connectivity index (χ1n) is 8.52. The highest BCUT2D eigenvalue weighted by atomic mass is 16.5. The predicted molar refractivity (Wildman–Crippen MR) is 96.7 cm³/mol. The summed E-state index contributed by atoms with van der Waals surface area (Å²) in [6.07, 6.45) is 6.33. The molecule has 1 aromatic carbocycles. The number of rotatable bonds is 10. The molecule has 0 fully saturated rings. The van der Waals surface area contributed by atoms with E-state index in [-0.39, 0.29) is 24.5 Å². The van der Waals surface area contributed by atoms with E-state index in [0.717, 1.165) is 25.0 Å². The highest BCUT2D eigenvalue weighted by molar-refractivity contribution is 5.97. The summed E-state index contributed by atoms with van der Waals surface area (Å²) >= 11 is 0. The quantitative estimate of drug-likeness (QED) is 0.533. The maximum Gasteiger partial charge on any atom is 0.220 e. The number of pyridine rings is 1. The molecule has 0 saturated heterocycles. The van der Waals surface area contributed by atoms with Gasteiger partial charge in [-0.1, -0.05) is 18.2 Å². The molecule has 5 nitrogen and oxygen atoms in total. The lowest BCUT2D eigenvalue weighted by molar-refractivity contribution is -0.121. The van der Waals surface area contributed by atoms with E-state index in [1.54, 1.807) is 25.4 Å². The number of Topliss-reactive ketones (excluding diaryl/α,β-unsaturated/α-hetero) is 1. The van der Waals surface area contributed by atoms with Gasteiger partial charge >= 0.3 is 0 Å². The fourth-order valence-electron chi connectivity index (χ4n) is 2.57. The van der Waals surface area contributed by atoms with E-state index in [1.165, 1.54) is 11.8 Å². The van der Waals surface area contributed by atoms with Crippen LogP contribution in [0.3, 0.4) is 0 Å². The molecule has 2 rings (SSSR count). The third-order valence-corrected chi connectivity index (χ3v) is 3.95. The average Bonchev–Trinajstić information content (AvgIpc) is 2.66. The maximum atomic E-state index is 11.9. The van der Waals surface area contributed by atoms with Gasteiger partial charge in [-0.25, -0.2) is 0 Å². The van der Waals surface area contributed by atoms with Crippen molar-refractivity contribution in [2.24, 2.45) is 0 Å². The van der Waals surface area contributed by atoms with Gasteiger partial charge in [0.1, 0.15) is 5.75 Å². The lowest BCUT2D eigenvalue weighted by atomic mass is 10.1. The molecule has 132 valence electrons. The van der Waals surface area contributed by atoms with E-state index in [4.69, 9.17) is 4.74 Å². The summed E-state index contributed by atoms with van der Waals surface area (Å²) in [4.78, 5) is 27.6. The van der Waals surface area contributed by atoms with Crippen molar-refractivity contribution >= 4 is 11.7 Å². The summed E-state index contributed by atoms with van der Waals surface area (Å²) in [5.74, 6) is 0.759. The second kappa shape index (κ2) is 10.2. The number of unbranched alkanes of at least 4 members (excludes halogenated alkanes) is 1. The molecule has 2 aromatic rings. The molecule has 1 aromatic heterocycles. The normalized spacial score (nSPS) is 10.3. The lowest BCUT2D eigenvalue weighted by Gasteiger charge is -2.08. The summed E-state index contributed by atoms with van der Waals surface area (Å²) in [6, 6.07) is 11.4. The number of carbonyl (C=O) groups excluding carboxylic acids is 2. The van der Waals surface area contributed by atoms with Crippen molar-refractivity contribution < 1.29 is 14.3 Å². The molecule has 0 aliphatic carbocycles. The Morgan fingerprint density at radius 1 is 1.08 bits per heavy atom. The van der Waals surface area contributed by atoms with Gasteiger partial charge in [0, 0.05) is 37.3 Å². The standard InChI is InChI=1S/C20H24N2O3/c1-25-19-10-3-2-7-16(19)8-4-5-14-22-20(24)12-11-18(23)17-9-6-13-21-15-17/h2-3,6-7,9-10,13,15H,4-5,8,11-12,14H2,1H3,(H,22,24). The Bertz CT molecular complexity index is 686. The summed E-state index contributed by atoms with van der Waals surface area (Å²) in [6.45, 7) is 0.620. The van der Waals surface area contributed by atoms with Gasteiger partial charge in [0.15, 0.2) is 5.78 Å². The van der Waals surface area contributed by atoms with Crippen molar-refractivity contribution in [2.75, 3.05) is 13.7 Å². The molecule has 1 heterocycles. The Labute approximate surface area is 148 Å². The molecule has 0 saturated carbocycles. The monoisotopic (exact) mass is 340 g/mol. The molecule has 25 heavy (non-hydrogen) atoms. The molecule has 0 aliphatic heterocycles. The summed E-state index contributed by atoms with van der Waals surface area (Å²) in [5, 5.41) is 2.87. The molecule has 1 amide bonds. The van der Waals surface area contributed by atoms with Crippen LogP contribution in [0.4, 0.5) is 0 Å². The van der Waals surface area contributed by atoms with Gasteiger partial charge in [-0.05, 0) is 43.0 Å². The molecule has 0 aliphatic rings. The number of hydrogen-bond acceptors (Lipinski definition) is 4. The SMILES string of the molecule is COc1ccccc1CCCCNC(=O)CCC(=O)c1cccnc1. The average molecular weight is 340 g/mol. The third kappa shape index (κ3) is 6.37. The van der Waals surface area contributed by atoms with Crippen molar-refractivity contribution in [3.63, 3.8) is 0 Å². The minimum absolute atomic E-state index is 0.0561. The van der Waals surface area contributed by atoms with Crippen molar-refractivity contribution in [2.45, 2.75) is 32.1 Å². The molecule has 0 radical (unpaired) electrons. The topological polar surface area (TPSA) is 68.3 Å². The van der Waals surface area contributed by atoms with Crippen molar-refractivity contribution in [3.8, 4) is 5.75 Å². The Kier molecular flexibility index (Phi) is 7.63. The zero-order chi connectivity index (χ0) is 17.9. The van der Waals surface area contributed by atoms with E-state index in [2.05, 4.69) is 16.4 Å². The van der Waals surface area contributed by atoms with Crippen molar-refractivity contribution in [1.82, 2.24) is 10.3 Å². The van der Waals surface area contributed by atoms with Gasteiger partial charge in [0.05, 0.1) is 7.11 Å². The number of hydrogen-bond donors (Lipinski definition) is 1. The van der Waals surface area contributed by atoms with Crippen LogP contribution in [0.15, 0.2) is 48.8 Å². The number of nitrogens with zero attached hydrogens (tertiary/aromatic N) is 1. The van der Waals surface area contributed by atoms with E-state index < -0.39 is 0 Å². The molecular weight excluding hydrogens is 316 g/mol. The van der Waals surface area contributed by atoms with Crippen LogP contribution in [0.1, 0.15) is 41.6 Å². The number of amides is 1. The molecule has 5 heteroatoms. The van der Waals surface area contributed by atoms with Gasteiger partial charge in [-0.3, -0.25) is 14.6 Å². The first kappa shape index (κ1) is 18.6. The number of nitrogens with one attached hydrogen (secondary N) is 1. The Morgan fingerprint density at radius 3 is 2.68 bits per heavy atom. The van der Waals surface area contributed by atoms with Gasteiger partial charge in [0.2, 0.25) is 5.91 Å². The van der Waals surface area contributed by atoms with Crippen LogP contribution in [0.2, 0.25) is 0 Å². The second-order valence-electron chi connectivity index (χ2n) is 5.78. The molecule has 1 N–H and O–H groups in total. The van der Waals surface area contributed by atoms with Crippen LogP contribution in [-0.4, -0.2) is 30.3 Å². The van der Waals surface area contributed by atoms with Gasteiger partial charge in [0.25, 0.3) is 0 Å². The van der Waals surface area contributed by atoms with Crippen LogP contribution in [0.5, 0.6) is 5.75 Å². The smallest absolute Gasteiger partial charge is 0.220 e. The zero-order valence-corrected chi connectivity index (χ0v) is 14.5. The Hall–Kier alpha value is -2.69. The maximum absolute atomic E-state index is 11.9. The largest absolute Gasteiger partial charge is 0.496 e. The molecule has 0 bridgehead atoms. The van der Waals surface area contributed by atoms with Gasteiger partial charge < -0.3 is 10.1 Å². The number of ketones is 1. The molecular formula is C20H24N2O3. The second-order valence-corrected chi connectivity index (χ2v) is 5.78.